The summed E-state index contributed by atoms with van der Waals surface area (Å²) < 4.78 is 29.5. The summed E-state index contributed by atoms with van der Waals surface area (Å²) >= 11 is 5.18. The van der Waals surface area contributed by atoms with Gasteiger partial charge in [-0.3, -0.25) is 9.35 Å². The zero-order valence-corrected chi connectivity index (χ0v) is 8.55. The molecule has 0 aliphatic carbocycles. The summed E-state index contributed by atoms with van der Waals surface area (Å²) in [6.45, 7) is 0. The molecule has 6 heteroatoms. The number of carbonyl (C=O) groups is 1. The SMILES string of the molecule is O=C(Cl)c1ccc(CS(=O)(=O)O)cc1. The third kappa shape index (κ3) is 3.45. The van der Waals surface area contributed by atoms with E-state index in [1.807, 2.05) is 0 Å². The Balaban J connectivity index is 2.90. The average molecular weight is 235 g/mol. The van der Waals surface area contributed by atoms with E-state index in [0.29, 0.717) is 5.56 Å². The highest BCUT2D eigenvalue weighted by Gasteiger charge is 2.07. The predicted molar refractivity (Wildman–Crippen MR) is 51.9 cm³/mol. The van der Waals surface area contributed by atoms with Crippen molar-refractivity contribution in [3.05, 3.63) is 35.4 Å². The van der Waals surface area contributed by atoms with Gasteiger partial charge in [-0.05, 0) is 29.3 Å². The van der Waals surface area contributed by atoms with E-state index in [-0.39, 0.29) is 5.56 Å². The first-order valence-electron chi connectivity index (χ1n) is 3.62. The summed E-state index contributed by atoms with van der Waals surface area (Å²) in [5, 5.41) is -0.608. The van der Waals surface area contributed by atoms with Crippen LogP contribution in [-0.4, -0.2) is 18.2 Å². The van der Waals surface area contributed by atoms with Gasteiger partial charge in [0.05, 0.1) is 0 Å². The average Bonchev–Trinajstić information content (AvgIpc) is 2.02. The normalized spacial score (nSPS) is 11.3. The van der Waals surface area contributed by atoms with Crippen molar-refractivity contribution in [2.24, 2.45) is 0 Å². The molecule has 0 aliphatic heterocycles. The maximum Gasteiger partial charge on any atom is 0.269 e. The first-order valence-corrected chi connectivity index (χ1v) is 5.61. The van der Waals surface area contributed by atoms with E-state index in [4.69, 9.17) is 16.2 Å². The maximum absolute atomic E-state index is 10.6. The van der Waals surface area contributed by atoms with E-state index in [9.17, 15) is 13.2 Å². The minimum Gasteiger partial charge on any atom is -0.285 e. The molecule has 76 valence electrons. The molecule has 0 atom stereocenters. The molecule has 0 saturated carbocycles. The van der Waals surface area contributed by atoms with Crippen molar-refractivity contribution < 1.29 is 17.8 Å². The smallest absolute Gasteiger partial charge is 0.269 e. The molecule has 0 heterocycles. The van der Waals surface area contributed by atoms with E-state index in [2.05, 4.69) is 0 Å². The van der Waals surface area contributed by atoms with E-state index in [0.717, 1.165) is 0 Å². The first-order chi connectivity index (χ1) is 6.38. The van der Waals surface area contributed by atoms with Gasteiger partial charge in [0.1, 0.15) is 5.75 Å². The molecule has 0 amide bonds. The van der Waals surface area contributed by atoms with Gasteiger partial charge in [-0.1, -0.05) is 12.1 Å². The number of halogens is 1. The predicted octanol–water partition coefficient (Wildman–Crippen LogP) is 1.45. The number of hydrogen-bond acceptors (Lipinski definition) is 3. The largest absolute Gasteiger partial charge is 0.285 e. The first kappa shape index (κ1) is 11.2. The molecule has 0 bridgehead atoms. The Kier molecular flexibility index (Phi) is 3.25. The molecule has 0 aromatic heterocycles. The Morgan fingerprint density at radius 3 is 2.14 bits per heavy atom. The molecule has 14 heavy (non-hydrogen) atoms. The lowest BCUT2D eigenvalue weighted by Gasteiger charge is -1.98. The molecule has 0 saturated heterocycles. The summed E-state index contributed by atoms with van der Waals surface area (Å²) in [5.41, 5.74) is 0.680. The standard InChI is InChI=1S/C8H7ClO4S/c9-8(10)7-3-1-6(2-4-7)5-14(11,12)13/h1-4H,5H2,(H,11,12,13). The van der Waals surface area contributed by atoms with Crippen LogP contribution in [0.15, 0.2) is 24.3 Å². The Bertz CT molecular complexity index is 435. The second kappa shape index (κ2) is 4.08. The number of hydrogen-bond donors (Lipinski definition) is 1. The van der Waals surface area contributed by atoms with Crippen molar-refractivity contribution in [3.63, 3.8) is 0 Å². The van der Waals surface area contributed by atoms with E-state index < -0.39 is 21.1 Å². The topological polar surface area (TPSA) is 71.4 Å². The lowest BCUT2D eigenvalue weighted by Crippen LogP contribution is -2.01. The van der Waals surface area contributed by atoms with Crippen molar-refractivity contribution in [2.75, 3.05) is 0 Å². The molecule has 4 nitrogen and oxygen atoms in total. The summed E-state index contributed by atoms with van der Waals surface area (Å²) in [7, 11) is -4.03. The fourth-order valence-corrected chi connectivity index (χ4v) is 1.68. The van der Waals surface area contributed by atoms with Crippen LogP contribution in [0.4, 0.5) is 0 Å². The zero-order chi connectivity index (χ0) is 10.8. The van der Waals surface area contributed by atoms with Crippen LogP contribution in [0.25, 0.3) is 0 Å². The quantitative estimate of drug-likeness (QED) is 0.635. The summed E-state index contributed by atoms with van der Waals surface area (Å²) in [6.07, 6.45) is 0. The van der Waals surface area contributed by atoms with Gasteiger partial charge in [-0.25, -0.2) is 0 Å². The van der Waals surface area contributed by atoms with Gasteiger partial charge >= 0.3 is 0 Å². The minimum atomic E-state index is -4.03. The van der Waals surface area contributed by atoms with Crippen LogP contribution in [0.3, 0.4) is 0 Å². The van der Waals surface area contributed by atoms with Crippen LogP contribution in [-0.2, 0) is 15.9 Å². The van der Waals surface area contributed by atoms with Crippen LogP contribution < -0.4 is 0 Å². The lowest BCUT2D eigenvalue weighted by atomic mass is 10.2. The van der Waals surface area contributed by atoms with Gasteiger partial charge in [0.2, 0.25) is 0 Å². The fraction of sp³-hybridized carbons (Fsp3) is 0.125. The third-order valence-corrected chi connectivity index (χ3v) is 2.45. The van der Waals surface area contributed by atoms with Crippen LogP contribution in [0.5, 0.6) is 0 Å². The molecule has 0 unspecified atom stereocenters. The zero-order valence-electron chi connectivity index (χ0n) is 6.97. The van der Waals surface area contributed by atoms with Crippen molar-refractivity contribution in [2.45, 2.75) is 5.75 Å². The van der Waals surface area contributed by atoms with Crippen molar-refractivity contribution in [1.82, 2.24) is 0 Å². The number of carbonyl (C=O) groups excluding carboxylic acids is 1. The minimum absolute atomic E-state index is 0.283. The fourth-order valence-electron chi connectivity index (χ4n) is 0.943. The monoisotopic (exact) mass is 234 g/mol. The van der Waals surface area contributed by atoms with Crippen molar-refractivity contribution in [1.29, 1.82) is 0 Å². The summed E-state index contributed by atoms with van der Waals surface area (Å²) in [4.78, 5) is 10.6. The van der Waals surface area contributed by atoms with E-state index in [1.54, 1.807) is 0 Å². The van der Waals surface area contributed by atoms with Crippen LogP contribution in [0.2, 0.25) is 0 Å². The van der Waals surface area contributed by atoms with Gasteiger partial charge in [0, 0.05) is 5.56 Å². The summed E-state index contributed by atoms with van der Waals surface area (Å²) in [5.74, 6) is -0.468. The lowest BCUT2D eigenvalue weighted by molar-refractivity contribution is 0.108. The molecule has 1 rings (SSSR count). The van der Waals surface area contributed by atoms with Crippen LogP contribution >= 0.6 is 11.6 Å². The van der Waals surface area contributed by atoms with Gasteiger partial charge < -0.3 is 0 Å². The molecular formula is C8H7ClO4S. The van der Waals surface area contributed by atoms with Crippen molar-refractivity contribution in [3.8, 4) is 0 Å². The summed E-state index contributed by atoms with van der Waals surface area (Å²) in [6, 6.07) is 5.64. The second-order valence-electron chi connectivity index (χ2n) is 2.70. The second-order valence-corrected chi connectivity index (χ2v) is 4.49. The highest BCUT2D eigenvalue weighted by atomic mass is 35.5. The molecule has 0 spiro atoms. The van der Waals surface area contributed by atoms with E-state index >= 15 is 0 Å². The van der Waals surface area contributed by atoms with Crippen molar-refractivity contribution >= 4 is 27.0 Å². The molecule has 0 radical (unpaired) electrons. The van der Waals surface area contributed by atoms with Crippen LogP contribution in [0.1, 0.15) is 15.9 Å². The van der Waals surface area contributed by atoms with E-state index in [1.165, 1.54) is 24.3 Å². The molecule has 0 fully saturated rings. The van der Waals surface area contributed by atoms with Gasteiger partial charge in [-0.15, -0.1) is 0 Å². The Morgan fingerprint density at radius 1 is 1.29 bits per heavy atom. The van der Waals surface area contributed by atoms with Gasteiger partial charge in [0.25, 0.3) is 15.4 Å². The van der Waals surface area contributed by atoms with Crippen LogP contribution in [0, 0.1) is 0 Å². The Labute approximate surface area is 86.3 Å². The molecule has 1 aromatic carbocycles. The molecule has 1 N–H and O–H groups in total. The Morgan fingerprint density at radius 2 is 1.79 bits per heavy atom. The Hall–Kier alpha value is -0.910. The number of benzene rings is 1. The molecule has 1 aromatic rings. The third-order valence-electron chi connectivity index (χ3n) is 1.53. The molecule has 0 aliphatic rings. The highest BCUT2D eigenvalue weighted by Crippen LogP contribution is 2.09. The maximum atomic E-state index is 10.6. The number of rotatable bonds is 3. The van der Waals surface area contributed by atoms with Gasteiger partial charge in [-0.2, -0.15) is 8.42 Å². The molecular weight excluding hydrogens is 228 g/mol. The highest BCUT2D eigenvalue weighted by molar-refractivity contribution is 7.85. The van der Waals surface area contributed by atoms with Gasteiger partial charge in [0.15, 0.2) is 0 Å².